The summed E-state index contributed by atoms with van der Waals surface area (Å²) in [4.78, 5) is 28.1. The van der Waals surface area contributed by atoms with Gasteiger partial charge in [0.05, 0.1) is 11.8 Å². The molecule has 0 aromatic heterocycles. The number of likely N-dealkylation sites (tertiary alicyclic amines) is 1. The Bertz CT molecular complexity index is 704. The van der Waals surface area contributed by atoms with Crippen LogP contribution in [0.2, 0.25) is 0 Å². The second-order valence-electron chi connectivity index (χ2n) is 12.5. The van der Waals surface area contributed by atoms with Crippen LogP contribution in [0.15, 0.2) is 0 Å². The molecule has 31 heavy (non-hydrogen) atoms. The average Bonchev–Trinajstić information content (AvgIpc) is 2.96. The maximum absolute atomic E-state index is 13.0. The number of hydrogen-bond donors (Lipinski definition) is 1. The van der Waals surface area contributed by atoms with Crippen LogP contribution in [0.5, 0.6) is 0 Å². The zero-order valence-electron chi connectivity index (χ0n) is 21.1. The van der Waals surface area contributed by atoms with Crippen LogP contribution in [0.4, 0.5) is 0 Å². The highest BCUT2D eigenvalue weighted by Gasteiger charge is 2.53. The largest absolute Gasteiger partial charge is 0.462 e. The molecule has 0 bridgehead atoms. The lowest BCUT2D eigenvalue weighted by Crippen LogP contribution is -2.48. The maximum atomic E-state index is 13.0. The molecular formula is C25H44N2O4. The summed E-state index contributed by atoms with van der Waals surface area (Å²) in [7, 11) is 2.09. The number of nitrogens with zero attached hydrogens (tertiary/aromatic N) is 1. The fourth-order valence-corrected chi connectivity index (χ4v) is 6.19. The minimum atomic E-state index is -0.262. The lowest BCUT2D eigenvalue weighted by atomic mass is 9.86. The molecule has 2 atom stereocenters. The van der Waals surface area contributed by atoms with Crippen molar-refractivity contribution in [3.8, 4) is 0 Å². The third-order valence-electron chi connectivity index (χ3n) is 8.33. The van der Waals surface area contributed by atoms with Gasteiger partial charge >= 0.3 is 11.9 Å². The quantitative estimate of drug-likeness (QED) is 0.671. The summed E-state index contributed by atoms with van der Waals surface area (Å²) in [5.74, 6) is -0.433. The van der Waals surface area contributed by atoms with Crippen LogP contribution in [0.25, 0.3) is 0 Å². The van der Waals surface area contributed by atoms with Gasteiger partial charge in [-0.05, 0) is 101 Å². The van der Waals surface area contributed by atoms with Crippen molar-refractivity contribution < 1.29 is 19.1 Å². The van der Waals surface area contributed by atoms with Crippen molar-refractivity contribution in [2.75, 3.05) is 7.05 Å². The van der Waals surface area contributed by atoms with E-state index in [0.717, 1.165) is 38.5 Å². The third kappa shape index (κ3) is 4.95. The number of ether oxygens (including phenoxy) is 2. The first kappa shape index (κ1) is 24.5. The molecule has 2 saturated heterocycles. The standard InChI is InChI=1S/C25H44N2O4/c1-22(2)14-18(24(5,6)26-22)20(28)30-16-10-12-17(13-11-16)31-21(29)19-15-23(3,4)27(9)25(19,7)8/h16-19,26H,10-15H2,1-9H3. The molecule has 1 N–H and O–H groups in total. The van der Waals surface area contributed by atoms with Crippen molar-refractivity contribution in [3.05, 3.63) is 0 Å². The van der Waals surface area contributed by atoms with Crippen molar-refractivity contribution in [2.45, 2.75) is 128 Å². The highest BCUT2D eigenvalue weighted by atomic mass is 16.6. The number of nitrogens with one attached hydrogen (secondary N) is 1. The van der Waals surface area contributed by atoms with Crippen LogP contribution >= 0.6 is 0 Å². The van der Waals surface area contributed by atoms with Crippen LogP contribution in [0, 0.1) is 11.8 Å². The second-order valence-corrected chi connectivity index (χ2v) is 12.5. The Labute approximate surface area is 188 Å². The highest BCUT2D eigenvalue weighted by Crippen LogP contribution is 2.44. The van der Waals surface area contributed by atoms with Crippen LogP contribution in [0.1, 0.15) is 93.9 Å². The van der Waals surface area contributed by atoms with E-state index in [1.165, 1.54) is 0 Å². The van der Waals surface area contributed by atoms with Gasteiger partial charge in [0, 0.05) is 22.2 Å². The Morgan fingerprint density at radius 2 is 1.23 bits per heavy atom. The first-order valence-corrected chi connectivity index (χ1v) is 12.0. The molecule has 2 aliphatic heterocycles. The maximum Gasteiger partial charge on any atom is 0.311 e. The van der Waals surface area contributed by atoms with Gasteiger partial charge in [-0.3, -0.25) is 14.5 Å². The molecule has 2 unspecified atom stereocenters. The molecule has 0 spiro atoms. The van der Waals surface area contributed by atoms with E-state index in [1.54, 1.807) is 0 Å². The van der Waals surface area contributed by atoms with Gasteiger partial charge < -0.3 is 14.8 Å². The third-order valence-corrected chi connectivity index (χ3v) is 8.33. The van der Waals surface area contributed by atoms with E-state index in [-0.39, 0.29) is 58.1 Å². The molecule has 3 rings (SSSR count). The Morgan fingerprint density at radius 3 is 1.58 bits per heavy atom. The fraction of sp³-hybridized carbons (Fsp3) is 0.920. The second kappa shape index (κ2) is 8.02. The van der Waals surface area contributed by atoms with Gasteiger partial charge in [0.2, 0.25) is 0 Å². The number of hydrogen-bond acceptors (Lipinski definition) is 6. The molecule has 178 valence electrons. The zero-order chi connectivity index (χ0) is 23.4. The molecular weight excluding hydrogens is 392 g/mol. The number of carbonyl (C=O) groups is 2. The van der Waals surface area contributed by atoms with E-state index in [1.807, 2.05) is 0 Å². The molecule has 1 saturated carbocycles. The van der Waals surface area contributed by atoms with Gasteiger partial charge in [-0.15, -0.1) is 0 Å². The fourth-order valence-electron chi connectivity index (χ4n) is 6.19. The Balaban J connectivity index is 1.49. The summed E-state index contributed by atoms with van der Waals surface area (Å²) < 4.78 is 11.9. The molecule has 1 aliphatic carbocycles. The van der Waals surface area contributed by atoms with E-state index < -0.39 is 0 Å². The molecule has 3 aliphatic rings. The highest BCUT2D eigenvalue weighted by molar-refractivity contribution is 5.75. The number of carbonyl (C=O) groups excluding carboxylic acids is 2. The predicted molar refractivity (Wildman–Crippen MR) is 122 cm³/mol. The topological polar surface area (TPSA) is 67.9 Å². The first-order chi connectivity index (χ1) is 14.1. The van der Waals surface area contributed by atoms with Crippen LogP contribution in [-0.4, -0.2) is 58.2 Å². The number of esters is 2. The van der Waals surface area contributed by atoms with E-state index in [2.05, 4.69) is 72.7 Å². The molecule has 0 aromatic carbocycles. The lowest BCUT2D eigenvalue weighted by Gasteiger charge is -2.38. The zero-order valence-corrected chi connectivity index (χ0v) is 21.1. The lowest BCUT2D eigenvalue weighted by molar-refractivity contribution is -0.165. The Kier molecular flexibility index (Phi) is 6.34. The minimum absolute atomic E-state index is 0.0174. The normalized spacial score (nSPS) is 36.2. The molecule has 6 nitrogen and oxygen atoms in total. The van der Waals surface area contributed by atoms with E-state index >= 15 is 0 Å². The smallest absolute Gasteiger partial charge is 0.311 e. The molecule has 0 radical (unpaired) electrons. The Hall–Kier alpha value is -1.14. The molecule has 0 amide bonds. The summed E-state index contributed by atoms with van der Waals surface area (Å²) >= 11 is 0. The van der Waals surface area contributed by atoms with E-state index in [4.69, 9.17) is 9.47 Å². The van der Waals surface area contributed by atoms with Crippen molar-refractivity contribution >= 4 is 11.9 Å². The van der Waals surface area contributed by atoms with Gasteiger partial charge in [-0.2, -0.15) is 0 Å². The van der Waals surface area contributed by atoms with Crippen molar-refractivity contribution in [1.82, 2.24) is 10.2 Å². The van der Waals surface area contributed by atoms with Gasteiger partial charge in [-0.1, -0.05) is 0 Å². The Morgan fingerprint density at radius 1 is 0.774 bits per heavy atom. The molecule has 2 heterocycles. The van der Waals surface area contributed by atoms with Crippen molar-refractivity contribution in [2.24, 2.45) is 11.8 Å². The minimum Gasteiger partial charge on any atom is -0.462 e. The van der Waals surface area contributed by atoms with Gasteiger partial charge in [0.25, 0.3) is 0 Å². The van der Waals surface area contributed by atoms with Crippen molar-refractivity contribution in [3.63, 3.8) is 0 Å². The van der Waals surface area contributed by atoms with Gasteiger partial charge in [-0.25, -0.2) is 0 Å². The average molecular weight is 437 g/mol. The summed E-state index contributed by atoms with van der Waals surface area (Å²) in [6, 6.07) is 0. The summed E-state index contributed by atoms with van der Waals surface area (Å²) in [6.07, 6.45) is 4.48. The molecule has 3 fully saturated rings. The predicted octanol–water partition coefficient (Wildman–Crippen LogP) is 4.06. The summed E-state index contributed by atoms with van der Waals surface area (Å²) in [6.45, 7) is 17.0. The van der Waals surface area contributed by atoms with E-state index in [0.29, 0.717) is 0 Å². The number of rotatable bonds is 4. The monoisotopic (exact) mass is 436 g/mol. The summed E-state index contributed by atoms with van der Waals surface area (Å²) in [5, 5.41) is 3.55. The first-order valence-electron chi connectivity index (χ1n) is 12.0. The van der Waals surface area contributed by atoms with Crippen molar-refractivity contribution in [1.29, 1.82) is 0 Å². The van der Waals surface area contributed by atoms with Crippen LogP contribution in [0.3, 0.4) is 0 Å². The summed E-state index contributed by atoms with van der Waals surface area (Å²) in [5.41, 5.74) is -0.558. The van der Waals surface area contributed by atoms with Gasteiger partial charge in [0.15, 0.2) is 0 Å². The van der Waals surface area contributed by atoms with E-state index in [9.17, 15) is 9.59 Å². The van der Waals surface area contributed by atoms with Crippen LogP contribution in [-0.2, 0) is 19.1 Å². The SMILES string of the molecule is CN1C(C)(C)CC(C(=O)OC2CCC(OC(=O)C3CC(C)(C)NC3(C)C)CC2)C1(C)C. The van der Waals surface area contributed by atoms with Gasteiger partial charge in [0.1, 0.15) is 12.2 Å². The molecule has 6 heteroatoms. The molecule has 0 aromatic rings. The van der Waals surface area contributed by atoms with Crippen LogP contribution < -0.4 is 5.32 Å².